The zero-order valence-corrected chi connectivity index (χ0v) is 10.6. The second kappa shape index (κ2) is 5.76. The molecule has 1 rings (SSSR count). The quantitative estimate of drug-likeness (QED) is 0.858. The lowest BCUT2D eigenvalue weighted by Crippen LogP contribution is -2.31. The van der Waals surface area contributed by atoms with Crippen molar-refractivity contribution >= 4 is 10.0 Å². The molecule has 1 aromatic rings. The molecule has 0 aliphatic heterocycles. The first-order valence-corrected chi connectivity index (χ1v) is 6.62. The topological polar surface area (TPSA) is 75.6 Å². The molecule has 0 aromatic heterocycles. The van der Waals surface area contributed by atoms with E-state index in [0.717, 1.165) is 12.1 Å². The monoisotopic (exact) mass is 299 g/mol. The second-order valence-electron chi connectivity index (χ2n) is 3.70. The molecule has 5 nitrogen and oxygen atoms in total. The molecular weight excluding hydrogens is 287 g/mol. The summed E-state index contributed by atoms with van der Waals surface area (Å²) in [6.07, 6.45) is -5.96. The largest absolute Gasteiger partial charge is 0.573 e. The van der Waals surface area contributed by atoms with Crippen LogP contribution in [0, 0.1) is 0 Å². The fourth-order valence-electron chi connectivity index (χ4n) is 1.19. The van der Waals surface area contributed by atoms with Gasteiger partial charge in [0, 0.05) is 6.54 Å². The Morgan fingerprint density at radius 2 is 1.95 bits per heavy atom. The van der Waals surface area contributed by atoms with Gasteiger partial charge < -0.3 is 9.84 Å². The Morgan fingerprint density at radius 3 is 2.47 bits per heavy atom. The minimum absolute atomic E-state index is 0.317. The Morgan fingerprint density at radius 1 is 1.37 bits per heavy atom. The van der Waals surface area contributed by atoms with Gasteiger partial charge in [-0.15, -0.1) is 13.2 Å². The highest BCUT2D eigenvalue weighted by molar-refractivity contribution is 7.89. The maximum absolute atomic E-state index is 12.1. The number of aliphatic hydroxyl groups is 1. The molecule has 0 aliphatic carbocycles. The van der Waals surface area contributed by atoms with Crippen LogP contribution < -0.4 is 9.46 Å². The highest BCUT2D eigenvalue weighted by Crippen LogP contribution is 2.29. The summed E-state index contributed by atoms with van der Waals surface area (Å²) in [7, 11) is -4.19. The summed E-state index contributed by atoms with van der Waals surface area (Å²) in [6, 6.07) is 4.35. The van der Waals surface area contributed by atoms with E-state index in [9.17, 15) is 21.6 Å². The number of hydrogen-bond acceptors (Lipinski definition) is 4. The Bertz CT molecular complexity index is 528. The van der Waals surface area contributed by atoms with E-state index < -0.39 is 33.1 Å². The molecule has 0 heterocycles. The number of rotatable bonds is 5. The predicted octanol–water partition coefficient (Wildman–Crippen LogP) is 1.24. The summed E-state index contributed by atoms with van der Waals surface area (Å²) < 4.78 is 65.6. The van der Waals surface area contributed by atoms with Crippen molar-refractivity contribution in [2.24, 2.45) is 0 Å². The Labute approximate surface area is 108 Å². The predicted molar refractivity (Wildman–Crippen MR) is 60.0 cm³/mol. The van der Waals surface area contributed by atoms with Crippen LogP contribution in [0.15, 0.2) is 29.2 Å². The van der Waals surface area contributed by atoms with Gasteiger partial charge >= 0.3 is 6.36 Å². The third kappa shape index (κ3) is 5.05. The minimum Gasteiger partial charge on any atom is -0.404 e. The zero-order chi connectivity index (χ0) is 14.7. The average Bonchev–Trinajstić information content (AvgIpc) is 2.25. The van der Waals surface area contributed by atoms with Gasteiger partial charge in [0.2, 0.25) is 10.0 Å². The standard InChI is InChI=1S/C10H12F3NO4S/c1-7(15)6-14-19(16,17)9-5-3-2-4-8(9)18-10(11,12)13/h2-5,7,14-15H,6H2,1H3/t7-/m0/s1. The number of sulfonamides is 1. The third-order valence-corrected chi connectivity index (χ3v) is 3.40. The SMILES string of the molecule is C[C@H](O)CNS(=O)(=O)c1ccccc1OC(F)(F)F. The maximum atomic E-state index is 12.1. The molecule has 19 heavy (non-hydrogen) atoms. The molecule has 0 saturated carbocycles. The van der Waals surface area contributed by atoms with E-state index in [2.05, 4.69) is 4.74 Å². The number of aliphatic hydroxyl groups excluding tert-OH is 1. The molecule has 0 amide bonds. The highest BCUT2D eigenvalue weighted by Gasteiger charge is 2.33. The summed E-state index contributed by atoms with van der Waals surface area (Å²) in [4.78, 5) is -0.645. The number of benzene rings is 1. The Kier molecular flexibility index (Phi) is 4.77. The van der Waals surface area contributed by atoms with E-state index in [4.69, 9.17) is 5.11 Å². The van der Waals surface area contributed by atoms with Crippen LogP contribution in [0.2, 0.25) is 0 Å². The van der Waals surface area contributed by atoms with Gasteiger partial charge in [-0.05, 0) is 19.1 Å². The lowest BCUT2D eigenvalue weighted by molar-refractivity contribution is -0.275. The first-order valence-electron chi connectivity index (χ1n) is 5.14. The number of hydrogen-bond donors (Lipinski definition) is 2. The first-order chi connectivity index (χ1) is 8.62. The van der Waals surface area contributed by atoms with Crippen molar-refractivity contribution in [2.45, 2.75) is 24.3 Å². The Hall–Kier alpha value is -1.32. The molecule has 2 N–H and O–H groups in total. The van der Waals surface area contributed by atoms with Crippen LogP contribution in [0.25, 0.3) is 0 Å². The minimum atomic E-state index is -4.99. The van der Waals surface area contributed by atoms with Crippen LogP contribution >= 0.6 is 0 Å². The van der Waals surface area contributed by atoms with Crippen LogP contribution in [0.5, 0.6) is 5.75 Å². The summed E-state index contributed by atoms with van der Waals surface area (Å²) in [6.45, 7) is 1.02. The van der Waals surface area contributed by atoms with Crippen LogP contribution in [-0.2, 0) is 10.0 Å². The summed E-state index contributed by atoms with van der Waals surface area (Å²) in [5, 5.41) is 8.98. The van der Waals surface area contributed by atoms with E-state index >= 15 is 0 Å². The summed E-state index contributed by atoms with van der Waals surface area (Å²) in [5.74, 6) is -0.826. The fraction of sp³-hybridized carbons (Fsp3) is 0.400. The number of halogens is 3. The molecule has 0 saturated heterocycles. The van der Waals surface area contributed by atoms with Gasteiger partial charge in [0.25, 0.3) is 0 Å². The normalized spacial score (nSPS) is 14.2. The summed E-state index contributed by atoms with van der Waals surface area (Å²) in [5.41, 5.74) is 0. The lowest BCUT2D eigenvalue weighted by atomic mass is 10.3. The van der Waals surface area contributed by atoms with E-state index in [-0.39, 0.29) is 6.54 Å². The average molecular weight is 299 g/mol. The van der Waals surface area contributed by atoms with E-state index in [1.807, 2.05) is 4.72 Å². The van der Waals surface area contributed by atoms with Crippen molar-refractivity contribution in [3.05, 3.63) is 24.3 Å². The molecule has 0 radical (unpaired) electrons. The van der Waals surface area contributed by atoms with Gasteiger partial charge in [0.1, 0.15) is 10.6 Å². The van der Waals surface area contributed by atoms with Gasteiger partial charge in [-0.3, -0.25) is 0 Å². The van der Waals surface area contributed by atoms with Gasteiger partial charge in [-0.1, -0.05) is 12.1 Å². The molecule has 0 aliphatic rings. The van der Waals surface area contributed by atoms with E-state index in [0.29, 0.717) is 0 Å². The molecule has 108 valence electrons. The van der Waals surface area contributed by atoms with Gasteiger partial charge in [0.05, 0.1) is 6.10 Å². The van der Waals surface area contributed by atoms with Crippen LogP contribution in [0.4, 0.5) is 13.2 Å². The molecular formula is C10H12F3NO4S. The molecule has 1 atom stereocenters. The van der Waals surface area contributed by atoms with Crippen molar-refractivity contribution < 1.29 is 31.4 Å². The van der Waals surface area contributed by atoms with Crippen molar-refractivity contribution in [3.8, 4) is 5.75 Å². The highest BCUT2D eigenvalue weighted by atomic mass is 32.2. The van der Waals surface area contributed by atoms with Crippen molar-refractivity contribution in [3.63, 3.8) is 0 Å². The fourth-order valence-corrected chi connectivity index (χ4v) is 2.44. The number of ether oxygens (including phenoxy) is 1. The van der Waals surface area contributed by atoms with E-state index in [1.165, 1.54) is 19.1 Å². The smallest absolute Gasteiger partial charge is 0.404 e. The van der Waals surface area contributed by atoms with Crippen molar-refractivity contribution in [1.29, 1.82) is 0 Å². The third-order valence-electron chi connectivity index (χ3n) is 1.93. The molecule has 0 unspecified atom stereocenters. The molecule has 0 spiro atoms. The van der Waals surface area contributed by atoms with Crippen molar-refractivity contribution in [1.82, 2.24) is 4.72 Å². The molecule has 9 heteroatoms. The second-order valence-corrected chi connectivity index (χ2v) is 5.43. The first kappa shape index (κ1) is 15.7. The lowest BCUT2D eigenvalue weighted by Gasteiger charge is -2.14. The van der Waals surface area contributed by atoms with Crippen LogP contribution in [0.3, 0.4) is 0 Å². The molecule has 0 bridgehead atoms. The van der Waals surface area contributed by atoms with Crippen LogP contribution in [0.1, 0.15) is 6.92 Å². The Balaban J connectivity index is 3.06. The van der Waals surface area contributed by atoms with Crippen LogP contribution in [-0.4, -0.2) is 32.5 Å². The number of alkyl halides is 3. The van der Waals surface area contributed by atoms with E-state index in [1.54, 1.807) is 0 Å². The molecule has 1 aromatic carbocycles. The van der Waals surface area contributed by atoms with Gasteiger partial charge in [0.15, 0.2) is 0 Å². The van der Waals surface area contributed by atoms with Gasteiger partial charge in [-0.2, -0.15) is 0 Å². The number of nitrogens with one attached hydrogen (secondary N) is 1. The zero-order valence-electron chi connectivity index (χ0n) is 9.81. The summed E-state index contributed by atoms with van der Waals surface area (Å²) >= 11 is 0. The number of para-hydroxylation sites is 1. The maximum Gasteiger partial charge on any atom is 0.573 e. The molecule has 0 fully saturated rings. The van der Waals surface area contributed by atoms with Gasteiger partial charge in [-0.25, -0.2) is 13.1 Å². The van der Waals surface area contributed by atoms with Crippen molar-refractivity contribution in [2.75, 3.05) is 6.54 Å².